The summed E-state index contributed by atoms with van der Waals surface area (Å²) in [7, 11) is 1.41. The van der Waals surface area contributed by atoms with Crippen LogP contribution in [0.4, 0.5) is 0 Å². The molecule has 168 valence electrons. The van der Waals surface area contributed by atoms with Crippen LogP contribution < -0.4 is 18.9 Å². The van der Waals surface area contributed by atoms with Crippen molar-refractivity contribution in [2.45, 2.75) is 6.92 Å². The third-order valence-electron chi connectivity index (χ3n) is 3.83. The number of carbonyl (C=O) groups excluding carboxylic acids is 1. The van der Waals surface area contributed by atoms with Gasteiger partial charge in [0.1, 0.15) is 11.5 Å². The highest BCUT2D eigenvalue weighted by molar-refractivity contribution is 6.08. The number of rotatable bonds is 12. The standard InChI is InChI=1S/C23H22O9/c1-14(2)32-16-6-7-17(20(11-16)31-13-23(27)28)18(24)8-4-15-5-9-19(21(10-15)29-3)30-12-22(25)26/h4-11H,1,12-13H2,2-3H3,(H,25,26)(H,27,28). The summed E-state index contributed by atoms with van der Waals surface area (Å²) in [5.41, 5.74) is 0.734. The third kappa shape index (κ3) is 7.21. The first kappa shape index (κ1) is 24.0. The van der Waals surface area contributed by atoms with Crippen LogP contribution in [-0.4, -0.2) is 48.3 Å². The van der Waals surface area contributed by atoms with E-state index in [9.17, 15) is 14.4 Å². The molecule has 9 nitrogen and oxygen atoms in total. The number of carboxylic acids is 2. The highest BCUT2D eigenvalue weighted by atomic mass is 16.5. The van der Waals surface area contributed by atoms with Crippen molar-refractivity contribution in [1.29, 1.82) is 0 Å². The molecule has 0 saturated carbocycles. The Balaban J connectivity index is 2.25. The molecule has 2 aromatic rings. The number of allylic oxidation sites excluding steroid dienone is 2. The van der Waals surface area contributed by atoms with Crippen molar-refractivity contribution in [3.8, 4) is 23.0 Å². The molecule has 0 unspecified atom stereocenters. The molecule has 0 fully saturated rings. The Labute approximate surface area is 184 Å². The maximum absolute atomic E-state index is 12.7. The maximum atomic E-state index is 12.7. The number of hydrogen-bond acceptors (Lipinski definition) is 7. The van der Waals surface area contributed by atoms with Gasteiger partial charge in [-0.1, -0.05) is 18.7 Å². The summed E-state index contributed by atoms with van der Waals surface area (Å²) >= 11 is 0. The van der Waals surface area contributed by atoms with Crippen molar-refractivity contribution < 1.29 is 43.5 Å². The number of carbonyl (C=O) groups is 3. The lowest BCUT2D eigenvalue weighted by Crippen LogP contribution is -2.11. The fraction of sp³-hybridized carbons (Fsp3) is 0.174. The van der Waals surface area contributed by atoms with Gasteiger partial charge in [0.25, 0.3) is 0 Å². The summed E-state index contributed by atoms with van der Waals surface area (Å²) in [6.45, 7) is 4.13. The first-order valence-corrected chi connectivity index (χ1v) is 9.26. The molecule has 0 aromatic heterocycles. The number of hydrogen-bond donors (Lipinski definition) is 2. The Kier molecular flexibility index (Phi) is 8.41. The second-order valence-corrected chi connectivity index (χ2v) is 6.43. The topological polar surface area (TPSA) is 129 Å². The van der Waals surface area contributed by atoms with Gasteiger partial charge in [-0.3, -0.25) is 4.79 Å². The third-order valence-corrected chi connectivity index (χ3v) is 3.83. The van der Waals surface area contributed by atoms with Gasteiger partial charge in [-0.15, -0.1) is 0 Å². The van der Waals surface area contributed by atoms with Gasteiger partial charge < -0.3 is 29.2 Å². The molecule has 0 atom stereocenters. The van der Waals surface area contributed by atoms with Crippen molar-refractivity contribution in [2.75, 3.05) is 20.3 Å². The molecule has 32 heavy (non-hydrogen) atoms. The minimum absolute atomic E-state index is 0.0517. The molecule has 0 radical (unpaired) electrons. The summed E-state index contributed by atoms with van der Waals surface area (Å²) in [6, 6.07) is 9.14. The number of ether oxygens (including phenoxy) is 4. The van der Waals surface area contributed by atoms with Gasteiger partial charge in [0, 0.05) is 6.07 Å². The first-order chi connectivity index (χ1) is 15.2. The quantitative estimate of drug-likeness (QED) is 0.288. The number of benzene rings is 2. The lowest BCUT2D eigenvalue weighted by Gasteiger charge is -2.11. The first-order valence-electron chi connectivity index (χ1n) is 9.26. The van der Waals surface area contributed by atoms with E-state index in [1.165, 1.54) is 37.5 Å². The molecule has 9 heteroatoms. The largest absolute Gasteiger partial charge is 0.493 e. The van der Waals surface area contributed by atoms with Crippen molar-refractivity contribution >= 4 is 23.8 Å². The smallest absolute Gasteiger partial charge is 0.341 e. The number of aliphatic carboxylic acids is 2. The number of methoxy groups -OCH3 is 1. The summed E-state index contributed by atoms with van der Waals surface area (Å²) in [4.78, 5) is 34.3. The zero-order chi connectivity index (χ0) is 23.7. The van der Waals surface area contributed by atoms with E-state index in [-0.39, 0.29) is 17.1 Å². The average molecular weight is 442 g/mol. The summed E-state index contributed by atoms with van der Waals surface area (Å²) in [5, 5.41) is 17.6. The van der Waals surface area contributed by atoms with Crippen molar-refractivity contribution in [3.63, 3.8) is 0 Å². The van der Waals surface area contributed by atoms with Crippen molar-refractivity contribution in [1.82, 2.24) is 0 Å². The molecule has 0 saturated heterocycles. The highest BCUT2D eigenvalue weighted by Crippen LogP contribution is 2.30. The fourth-order valence-corrected chi connectivity index (χ4v) is 2.54. The van der Waals surface area contributed by atoms with E-state index >= 15 is 0 Å². The van der Waals surface area contributed by atoms with E-state index in [1.54, 1.807) is 25.1 Å². The van der Waals surface area contributed by atoms with Gasteiger partial charge in [-0.2, -0.15) is 0 Å². The van der Waals surface area contributed by atoms with Crippen LogP contribution in [0.2, 0.25) is 0 Å². The molecule has 2 N–H and O–H groups in total. The van der Waals surface area contributed by atoms with Crippen LogP contribution in [0.15, 0.2) is 54.8 Å². The van der Waals surface area contributed by atoms with Gasteiger partial charge in [0.2, 0.25) is 0 Å². The predicted octanol–water partition coefficient (Wildman–Crippen LogP) is 3.43. The highest BCUT2D eigenvalue weighted by Gasteiger charge is 2.14. The fourth-order valence-electron chi connectivity index (χ4n) is 2.54. The number of carboxylic acid groups (broad SMARTS) is 2. The monoisotopic (exact) mass is 442 g/mol. The Bertz CT molecular complexity index is 1050. The van der Waals surface area contributed by atoms with E-state index in [2.05, 4.69) is 6.58 Å². The average Bonchev–Trinajstić information content (AvgIpc) is 2.74. The predicted molar refractivity (Wildman–Crippen MR) is 115 cm³/mol. The maximum Gasteiger partial charge on any atom is 0.341 e. The zero-order valence-electron chi connectivity index (χ0n) is 17.5. The Hall–Kier alpha value is -4.27. The number of ketones is 1. The van der Waals surface area contributed by atoms with Gasteiger partial charge in [-0.25, -0.2) is 9.59 Å². The molecular formula is C23H22O9. The van der Waals surface area contributed by atoms with E-state index in [0.717, 1.165) is 0 Å². The Morgan fingerprint density at radius 2 is 1.59 bits per heavy atom. The minimum atomic E-state index is -1.19. The molecule has 0 aliphatic rings. The SMILES string of the molecule is C=C(C)Oc1ccc(C(=O)C=Cc2ccc(OCC(=O)O)c(OC)c2)c(OCC(=O)O)c1. The second kappa shape index (κ2) is 11.2. The van der Waals surface area contributed by atoms with Crippen LogP contribution in [-0.2, 0) is 9.59 Å². The normalized spacial score (nSPS) is 10.4. The molecule has 0 aliphatic heterocycles. The summed E-state index contributed by atoms with van der Waals surface area (Å²) in [6.07, 6.45) is 2.81. The van der Waals surface area contributed by atoms with Crippen LogP contribution in [0.3, 0.4) is 0 Å². The summed E-state index contributed by atoms with van der Waals surface area (Å²) < 4.78 is 21.0. The van der Waals surface area contributed by atoms with Gasteiger partial charge in [0.05, 0.1) is 18.4 Å². The van der Waals surface area contributed by atoms with Gasteiger partial charge >= 0.3 is 11.9 Å². The molecular weight excluding hydrogens is 420 g/mol. The molecule has 0 heterocycles. The molecule has 0 amide bonds. The van der Waals surface area contributed by atoms with Crippen LogP contribution >= 0.6 is 0 Å². The van der Waals surface area contributed by atoms with E-state index in [4.69, 9.17) is 29.2 Å². The van der Waals surface area contributed by atoms with Crippen molar-refractivity contribution in [2.24, 2.45) is 0 Å². The minimum Gasteiger partial charge on any atom is -0.493 e. The Morgan fingerprint density at radius 3 is 2.19 bits per heavy atom. The molecule has 0 bridgehead atoms. The van der Waals surface area contributed by atoms with Crippen molar-refractivity contribution in [3.05, 3.63) is 65.9 Å². The molecule has 2 rings (SSSR count). The van der Waals surface area contributed by atoms with Crippen LogP contribution in [0.25, 0.3) is 6.08 Å². The summed E-state index contributed by atoms with van der Waals surface area (Å²) in [5.74, 6) is -1.39. The van der Waals surface area contributed by atoms with Crippen LogP contribution in [0, 0.1) is 0 Å². The lowest BCUT2D eigenvalue weighted by atomic mass is 10.1. The van der Waals surface area contributed by atoms with Gasteiger partial charge in [-0.05, 0) is 42.8 Å². The van der Waals surface area contributed by atoms with Crippen LogP contribution in [0.5, 0.6) is 23.0 Å². The lowest BCUT2D eigenvalue weighted by molar-refractivity contribution is -0.140. The molecule has 0 aliphatic carbocycles. The zero-order valence-corrected chi connectivity index (χ0v) is 17.5. The van der Waals surface area contributed by atoms with E-state index < -0.39 is 30.9 Å². The van der Waals surface area contributed by atoms with Crippen LogP contribution in [0.1, 0.15) is 22.8 Å². The molecule has 0 spiro atoms. The van der Waals surface area contributed by atoms with Gasteiger partial charge in [0.15, 0.2) is 30.5 Å². The van der Waals surface area contributed by atoms with E-state index in [0.29, 0.717) is 22.8 Å². The second-order valence-electron chi connectivity index (χ2n) is 6.43. The van der Waals surface area contributed by atoms with E-state index in [1.807, 2.05) is 0 Å². The molecule has 2 aromatic carbocycles. The Morgan fingerprint density at radius 1 is 0.938 bits per heavy atom.